The average molecular weight is 585 g/mol. The quantitative estimate of drug-likeness (QED) is 0.251. The molecule has 3 N–H and O–H groups in total. The van der Waals surface area contributed by atoms with E-state index >= 15 is 0 Å². The van der Waals surface area contributed by atoms with Crippen molar-refractivity contribution in [3.63, 3.8) is 0 Å². The standard InChI is InChI=1S/C25H19FIN4O4/c1-33-24-16(26)6-3-7-18(24)30-23-20-22-17(11-29-25(20)32)27-35-14-5-2-4-13(10-14)34-19-12-28-9-8-15(19)21(23)31-22/h2-10,12,17,30-31H,11H2,1H3,(H,29,32)/q-1/t17-/m1/s1. The van der Waals surface area contributed by atoms with E-state index in [0.717, 1.165) is 5.69 Å². The molecule has 10 heteroatoms. The van der Waals surface area contributed by atoms with Crippen LogP contribution in [0.2, 0.25) is 0 Å². The number of nitrogens with zero attached hydrogens (tertiary/aromatic N) is 1. The van der Waals surface area contributed by atoms with Crippen molar-refractivity contribution in [2.45, 2.75) is 3.92 Å². The Kier molecular flexibility index (Phi) is 5.44. The first-order chi connectivity index (χ1) is 17.1. The maximum absolute atomic E-state index is 14.5. The van der Waals surface area contributed by atoms with Crippen molar-refractivity contribution < 1.29 is 43.3 Å². The molecule has 0 fully saturated rings. The molecule has 0 saturated heterocycles. The Bertz CT molecular complexity index is 1460. The Balaban J connectivity index is 1.59. The Labute approximate surface area is 210 Å². The van der Waals surface area contributed by atoms with Crippen LogP contribution in [0.15, 0.2) is 60.9 Å². The number of methoxy groups -OCH3 is 1. The fourth-order valence-corrected chi connectivity index (χ4v) is 6.20. The molecule has 1 atom stereocenters. The number of fused-ring (bicyclic) bond motifs is 5. The number of amides is 1. The molecule has 0 radical (unpaired) electrons. The van der Waals surface area contributed by atoms with E-state index in [2.05, 4.69) is 20.6 Å². The number of hydrogen-bond donors (Lipinski definition) is 3. The minimum atomic E-state index is -0.847. The summed E-state index contributed by atoms with van der Waals surface area (Å²) in [5.41, 5.74) is 3.44. The molecule has 0 aliphatic carbocycles. The van der Waals surface area contributed by atoms with Gasteiger partial charge in [0.2, 0.25) is 0 Å². The summed E-state index contributed by atoms with van der Waals surface area (Å²) in [6, 6.07) is 13.9. The number of nitrogens with one attached hydrogen (secondary N) is 3. The zero-order valence-corrected chi connectivity index (χ0v) is 20.6. The molecule has 0 unspecified atom stereocenters. The van der Waals surface area contributed by atoms with E-state index in [1.807, 2.05) is 30.3 Å². The van der Waals surface area contributed by atoms with Gasteiger partial charge in [-0.2, -0.15) is 0 Å². The Hall–Kier alpha value is -3.80. The minimum absolute atomic E-state index is 0.0282. The van der Waals surface area contributed by atoms with E-state index in [-0.39, 0.29) is 15.6 Å². The van der Waals surface area contributed by atoms with Crippen LogP contribution in [0.5, 0.6) is 23.0 Å². The van der Waals surface area contributed by atoms with Crippen molar-refractivity contribution in [2.24, 2.45) is 0 Å². The second kappa shape index (κ2) is 8.77. The first-order valence-electron chi connectivity index (χ1n) is 10.8. The first kappa shape index (κ1) is 21.7. The number of hydrogen-bond acceptors (Lipinski definition) is 6. The number of para-hydroxylation sites is 1. The molecule has 2 aromatic carbocycles. The molecule has 2 aliphatic rings. The maximum atomic E-state index is 14.5. The molecule has 6 rings (SSSR count). The van der Waals surface area contributed by atoms with Crippen LogP contribution in [0, 0.1) is 5.82 Å². The molecule has 35 heavy (non-hydrogen) atoms. The number of rotatable bonds is 3. The number of carbonyl (C=O) groups excluding carboxylic acids is 1. The average Bonchev–Trinajstić information content (AvgIpc) is 3.24. The van der Waals surface area contributed by atoms with E-state index in [0.29, 0.717) is 52.0 Å². The summed E-state index contributed by atoms with van der Waals surface area (Å²) in [4.78, 5) is 20.9. The third-order valence-corrected chi connectivity index (χ3v) is 8.21. The molecular formula is C25H19FIN4O4-. The molecule has 178 valence electrons. The van der Waals surface area contributed by atoms with Crippen LogP contribution >= 0.6 is 0 Å². The van der Waals surface area contributed by atoms with Gasteiger partial charge in [-0.25, -0.2) is 0 Å². The van der Waals surface area contributed by atoms with Crippen LogP contribution in [0.4, 0.5) is 15.8 Å². The predicted octanol–water partition coefficient (Wildman–Crippen LogP) is 1.94. The molecule has 2 aromatic heterocycles. The summed E-state index contributed by atoms with van der Waals surface area (Å²) >= 11 is -0.847. The van der Waals surface area contributed by atoms with Crippen LogP contribution in [0.1, 0.15) is 20.0 Å². The van der Waals surface area contributed by atoms with Gasteiger partial charge in [-0.3, -0.25) is 0 Å². The zero-order chi connectivity index (χ0) is 23.9. The van der Waals surface area contributed by atoms with Gasteiger partial charge in [0.15, 0.2) is 0 Å². The summed E-state index contributed by atoms with van der Waals surface area (Å²) in [5, 5.41) is 6.25. The van der Waals surface area contributed by atoms with E-state index in [1.54, 1.807) is 24.5 Å². The molecular weight excluding hydrogens is 566 g/mol. The van der Waals surface area contributed by atoms with Gasteiger partial charge in [-0.1, -0.05) is 0 Å². The van der Waals surface area contributed by atoms with Crippen molar-refractivity contribution in [1.82, 2.24) is 15.3 Å². The number of carbonyl (C=O) groups is 1. The van der Waals surface area contributed by atoms with Crippen LogP contribution in [-0.4, -0.2) is 29.5 Å². The Morgan fingerprint density at radius 3 is 2.94 bits per heavy atom. The molecule has 4 bridgehead atoms. The van der Waals surface area contributed by atoms with Crippen LogP contribution in [-0.2, 0) is 0 Å². The summed E-state index contributed by atoms with van der Waals surface area (Å²) in [5.74, 6) is 1.11. The van der Waals surface area contributed by atoms with Gasteiger partial charge < -0.3 is 0 Å². The zero-order valence-electron chi connectivity index (χ0n) is 18.4. The van der Waals surface area contributed by atoms with Gasteiger partial charge in [-0.15, -0.1) is 0 Å². The van der Waals surface area contributed by atoms with Crippen LogP contribution in [0.25, 0.3) is 11.3 Å². The fraction of sp³-hybridized carbons (Fsp3) is 0.120. The fourth-order valence-electron chi connectivity index (χ4n) is 4.20. The number of aromatic nitrogens is 2. The van der Waals surface area contributed by atoms with Gasteiger partial charge in [0.05, 0.1) is 0 Å². The van der Waals surface area contributed by atoms with Crippen LogP contribution < -0.4 is 44.8 Å². The number of aromatic amines is 1. The van der Waals surface area contributed by atoms with Crippen molar-refractivity contribution >= 4 is 17.3 Å². The number of H-pyrrole nitrogens is 1. The summed E-state index contributed by atoms with van der Waals surface area (Å²) < 4.78 is 32.1. The number of pyridine rings is 1. The van der Waals surface area contributed by atoms with E-state index in [9.17, 15) is 9.18 Å². The molecule has 4 aromatic rings. The third-order valence-electron chi connectivity index (χ3n) is 5.77. The molecule has 2 aliphatic heterocycles. The molecule has 1 amide bonds. The number of alkyl halides is 1. The van der Waals surface area contributed by atoms with E-state index in [4.69, 9.17) is 12.5 Å². The molecule has 4 heterocycles. The van der Waals surface area contributed by atoms with Gasteiger partial charge in [0, 0.05) is 0 Å². The van der Waals surface area contributed by atoms with Crippen molar-refractivity contribution in [2.75, 3.05) is 19.0 Å². The number of halogens is 2. The summed E-state index contributed by atoms with van der Waals surface area (Å²) in [6.07, 6.45) is 3.27. The van der Waals surface area contributed by atoms with Crippen molar-refractivity contribution in [3.05, 3.63) is 78.0 Å². The number of benzene rings is 2. The van der Waals surface area contributed by atoms with E-state index in [1.165, 1.54) is 13.2 Å². The van der Waals surface area contributed by atoms with Gasteiger partial charge in [0.25, 0.3) is 0 Å². The van der Waals surface area contributed by atoms with Gasteiger partial charge >= 0.3 is 211 Å². The number of anilines is 2. The van der Waals surface area contributed by atoms with Gasteiger partial charge in [0.1, 0.15) is 0 Å². The van der Waals surface area contributed by atoms with Crippen LogP contribution in [0.3, 0.4) is 0 Å². The predicted molar refractivity (Wildman–Crippen MR) is 122 cm³/mol. The number of ether oxygens (including phenoxy) is 2. The van der Waals surface area contributed by atoms with E-state index < -0.39 is 27.4 Å². The second-order valence-electron chi connectivity index (χ2n) is 7.90. The van der Waals surface area contributed by atoms with Crippen molar-refractivity contribution in [1.29, 1.82) is 0 Å². The monoisotopic (exact) mass is 585 g/mol. The molecule has 0 spiro atoms. The van der Waals surface area contributed by atoms with Crippen molar-refractivity contribution in [3.8, 4) is 34.3 Å². The first-order valence-corrected chi connectivity index (χ1v) is 12.9. The molecule has 0 saturated carbocycles. The Morgan fingerprint density at radius 1 is 1.20 bits per heavy atom. The SMILES string of the molecule is COc1c(F)cccc1Nc1c2[nH]c3c1C(=O)NC[C@H]3[I-]Oc1cccc(c1)Oc1cnccc1-2. The molecule has 8 nitrogen and oxygen atoms in total. The second-order valence-corrected chi connectivity index (χ2v) is 10.4. The summed E-state index contributed by atoms with van der Waals surface area (Å²) in [6.45, 7) is 0.460. The Morgan fingerprint density at radius 2 is 2.06 bits per heavy atom. The normalized spacial score (nSPS) is 16.2. The topological polar surface area (TPSA) is 97.5 Å². The van der Waals surface area contributed by atoms with Gasteiger partial charge in [-0.05, 0) is 0 Å². The summed E-state index contributed by atoms with van der Waals surface area (Å²) in [7, 11) is 1.40. The third kappa shape index (κ3) is 3.83.